The van der Waals surface area contributed by atoms with E-state index in [0.29, 0.717) is 5.02 Å². The van der Waals surface area contributed by atoms with Crippen molar-refractivity contribution in [2.24, 2.45) is 0 Å². The van der Waals surface area contributed by atoms with E-state index in [1.165, 1.54) is 32.0 Å². The van der Waals surface area contributed by atoms with Gasteiger partial charge < -0.3 is 4.74 Å². The number of hydrogen-bond acceptors (Lipinski definition) is 4. The lowest BCUT2D eigenvalue weighted by molar-refractivity contribution is -0.563. The first-order valence-electron chi connectivity index (χ1n) is 5.01. The van der Waals surface area contributed by atoms with Crippen molar-refractivity contribution in [3.05, 3.63) is 43.9 Å². The van der Waals surface area contributed by atoms with Crippen molar-refractivity contribution in [2.75, 3.05) is 6.61 Å². The van der Waals surface area contributed by atoms with Crippen LogP contribution in [0.4, 0.5) is 0 Å². The summed E-state index contributed by atoms with van der Waals surface area (Å²) in [5.41, 5.74) is -1.21. The van der Waals surface area contributed by atoms with Crippen LogP contribution >= 0.6 is 23.2 Å². The predicted octanol–water partition coefficient (Wildman–Crippen LogP) is 3.21. The van der Waals surface area contributed by atoms with Gasteiger partial charge in [0.15, 0.2) is 6.61 Å². The molecule has 0 radical (unpaired) electrons. The van der Waals surface area contributed by atoms with Crippen LogP contribution in [0.15, 0.2) is 18.2 Å². The van der Waals surface area contributed by atoms with Crippen molar-refractivity contribution in [1.82, 2.24) is 0 Å². The van der Waals surface area contributed by atoms with Crippen LogP contribution in [0.25, 0.3) is 0 Å². The van der Waals surface area contributed by atoms with E-state index in [9.17, 15) is 14.9 Å². The summed E-state index contributed by atoms with van der Waals surface area (Å²) in [5, 5.41) is 11.2. The summed E-state index contributed by atoms with van der Waals surface area (Å²) in [6.45, 7) is 2.39. The maximum Gasteiger partial charge on any atom is 0.339 e. The van der Waals surface area contributed by atoms with E-state index < -0.39 is 16.4 Å². The van der Waals surface area contributed by atoms with E-state index in [4.69, 9.17) is 27.9 Å². The molecule has 0 N–H and O–H groups in total. The van der Waals surface area contributed by atoms with Gasteiger partial charge >= 0.3 is 5.97 Å². The minimum absolute atomic E-state index is 0.125. The first-order chi connectivity index (χ1) is 8.24. The third kappa shape index (κ3) is 3.58. The van der Waals surface area contributed by atoms with E-state index in [-0.39, 0.29) is 17.2 Å². The lowest BCUT2D eigenvalue weighted by Gasteiger charge is -2.15. The highest BCUT2D eigenvalue weighted by atomic mass is 35.5. The van der Waals surface area contributed by atoms with Gasteiger partial charge in [0.25, 0.3) is 0 Å². The van der Waals surface area contributed by atoms with Crippen LogP contribution in [0.5, 0.6) is 0 Å². The summed E-state index contributed by atoms with van der Waals surface area (Å²) in [6.07, 6.45) is 0. The zero-order valence-electron chi connectivity index (χ0n) is 9.78. The highest BCUT2D eigenvalue weighted by Crippen LogP contribution is 2.22. The standard InChI is InChI=1S/C11H11Cl2NO4/c1-11(2,14(16)17)6-18-10(15)8-4-3-7(12)5-9(8)13/h3-5H,6H2,1-2H3. The molecule has 1 aromatic carbocycles. The number of halogens is 2. The number of esters is 1. The van der Waals surface area contributed by atoms with Crippen LogP contribution in [0, 0.1) is 10.1 Å². The van der Waals surface area contributed by atoms with Gasteiger partial charge in [0.2, 0.25) is 5.54 Å². The summed E-state index contributed by atoms with van der Waals surface area (Å²) >= 11 is 11.5. The molecule has 7 heteroatoms. The Morgan fingerprint density at radius 3 is 2.56 bits per heavy atom. The minimum atomic E-state index is -1.34. The summed E-state index contributed by atoms with van der Waals surface area (Å²) in [7, 11) is 0. The van der Waals surface area contributed by atoms with Gasteiger partial charge in [-0.1, -0.05) is 23.2 Å². The van der Waals surface area contributed by atoms with Gasteiger partial charge in [0.05, 0.1) is 10.6 Å². The van der Waals surface area contributed by atoms with Gasteiger partial charge in [0, 0.05) is 23.8 Å². The molecule has 0 saturated heterocycles. The van der Waals surface area contributed by atoms with Crippen molar-refractivity contribution in [3.63, 3.8) is 0 Å². The Hall–Kier alpha value is -1.33. The van der Waals surface area contributed by atoms with Gasteiger partial charge in [-0.15, -0.1) is 0 Å². The zero-order valence-corrected chi connectivity index (χ0v) is 11.3. The summed E-state index contributed by atoms with van der Waals surface area (Å²) in [5.74, 6) is -0.716. The zero-order chi connectivity index (χ0) is 13.9. The molecular formula is C11H11Cl2NO4. The number of ether oxygens (including phenoxy) is 1. The third-order valence-corrected chi connectivity index (χ3v) is 2.75. The highest BCUT2D eigenvalue weighted by Gasteiger charge is 2.33. The Bertz CT molecular complexity index is 488. The molecule has 0 aliphatic heterocycles. The number of nitrogens with zero attached hydrogens (tertiary/aromatic N) is 1. The largest absolute Gasteiger partial charge is 0.454 e. The highest BCUT2D eigenvalue weighted by molar-refractivity contribution is 6.36. The molecule has 0 amide bonds. The number of hydrogen-bond donors (Lipinski definition) is 0. The second-order valence-corrected chi connectivity index (χ2v) is 5.11. The maximum absolute atomic E-state index is 11.7. The fourth-order valence-corrected chi connectivity index (χ4v) is 1.51. The van der Waals surface area contributed by atoms with Gasteiger partial charge in [-0.2, -0.15) is 0 Å². The van der Waals surface area contributed by atoms with Crippen LogP contribution in [-0.4, -0.2) is 23.0 Å². The Labute approximate surface area is 114 Å². The predicted molar refractivity (Wildman–Crippen MR) is 67.8 cm³/mol. The lowest BCUT2D eigenvalue weighted by Crippen LogP contribution is -2.37. The first-order valence-corrected chi connectivity index (χ1v) is 5.76. The number of nitro groups is 1. The molecule has 5 nitrogen and oxygen atoms in total. The molecule has 0 unspecified atom stereocenters. The fraction of sp³-hybridized carbons (Fsp3) is 0.364. The molecular weight excluding hydrogens is 281 g/mol. The van der Waals surface area contributed by atoms with Crippen LogP contribution in [-0.2, 0) is 4.74 Å². The molecule has 0 heterocycles. The quantitative estimate of drug-likeness (QED) is 0.485. The third-order valence-electron chi connectivity index (χ3n) is 2.20. The van der Waals surface area contributed by atoms with Gasteiger partial charge in [-0.05, 0) is 18.2 Å². The Morgan fingerprint density at radius 1 is 1.44 bits per heavy atom. The van der Waals surface area contributed by atoms with Crippen LogP contribution in [0.3, 0.4) is 0 Å². The molecule has 0 aliphatic rings. The van der Waals surface area contributed by atoms with Crippen molar-refractivity contribution >= 4 is 29.2 Å². The average molecular weight is 292 g/mol. The van der Waals surface area contributed by atoms with E-state index in [0.717, 1.165) is 0 Å². The van der Waals surface area contributed by atoms with E-state index in [2.05, 4.69) is 0 Å². The second-order valence-electron chi connectivity index (χ2n) is 4.27. The number of carbonyl (C=O) groups is 1. The maximum atomic E-state index is 11.7. The molecule has 98 valence electrons. The van der Waals surface area contributed by atoms with Crippen LogP contribution in [0.2, 0.25) is 10.0 Å². The fourth-order valence-electron chi connectivity index (χ4n) is 1.03. The molecule has 0 atom stereocenters. The van der Waals surface area contributed by atoms with E-state index in [1.807, 2.05) is 0 Å². The SMILES string of the molecule is CC(C)(COC(=O)c1ccc(Cl)cc1Cl)[N+](=O)[O-]. The van der Waals surface area contributed by atoms with Crippen molar-refractivity contribution < 1.29 is 14.5 Å². The molecule has 1 aromatic rings. The molecule has 0 saturated carbocycles. The van der Waals surface area contributed by atoms with Crippen LogP contribution < -0.4 is 0 Å². The number of carbonyl (C=O) groups excluding carboxylic acids is 1. The van der Waals surface area contributed by atoms with E-state index in [1.54, 1.807) is 0 Å². The smallest absolute Gasteiger partial charge is 0.339 e. The van der Waals surface area contributed by atoms with E-state index >= 15 is 0 Å². The topological polar surface area (TPSA) is 69.4 Å². The number of benzene rings is 1. The molecule has 0 fully saturated rings. The van der Waals surface area contributed by atoms with Crippen molar-refractivity contribution in [1.29, 1.82) is 0 Å². The first kappa shape index (κ1) is 14.7. The van der Waals surface area contributed by atoms with Crippen LogP contribution in [0.1, 0.15) is 24.2 Å². The van der Waals surface area contributed by atoms with Crippen molar-refractivity contribution in [2.45, 2.75) is 19.4 Å². The Balaban J connectivity index is 2.75. The second kappa shape index (κ2) is 5.54. The normalized spacial score (nSPS) is 11.1. The van der Waals surface area contributed by atoms with Gasteiger partial charge in [-0.25, -0.2) is 4.79 Å². The minimum Gasteiger partial charge on any atom is -0.454 e. The average Bonchev–Trinajstić information content (AvgIpc) is 2.25. The molecule has 18 heavy (non-hydrogen) atoms. The van der Waals surface area contributed by atoms with Gasteiger partial charge in [0.1, 0.15) is 0 Å². The summed E-state index contributed by atoms with van der Waals surface area (Å²) in [4.78, 5) is 21.8. The Morgan fingerprint density at radius 2 is 2.06 bits per heavy atom. The summed E-state index contributed by atoms with van der Waals surface area (Å²) in [6, 6.07) is 4.30. The molecule has 0 aromatic heterocycles. The monoisotopic (exact) mass is 291 g/mol. The molecule has 0 aliphatic carbocycles. The lowest BCUT2D eigenvalue weighted by atomic mass is 10.1. The molecule has 1 rings (SSSR count). The number of rotatable bonds is 4. The molecule has 0 spiro atoms. The molecule has 0 bridgehead atoms. The van der Waals surface area contributed by atoms with Crippen molar-refractivity contribution in [3.8, 4) is 0 Å². The Kier molecular flexibility index (Phi) is 4.53. The van der Waals surface area contributed by atoms with Gasteiger partial charge in [-0.3, -0.25) is 10.1 Å². The summed E-state index contributed by atoms with van der Waals surface area (Å²) < 4.78 is 4.87.